The summed E-state index contributed by atoms with van der Waals surface area (Å²) in [5.74, 6) is 0. The normalized spacial score (nSPS) is 11.6. The molecule has 0 aliphatic heterocycles. The predicted octanol–water partition coefficient (Wildman–Crippen LogP) is 3.61. The highest BCUT2D eigenvalue weighted by molar-refractivity contribution is 5.33. The van der Waals surface area contributed by atoms with E-state index in [-0.39, 0.29) is 5.56 Å². The van der Waals surface area contributed by atoms with Crippen molar-refractivity contribution in [3.63, 3.8) is 0 Å². The SMILES string of the molecule is Cc1c(CNCc2cccc(CN(C)C(C)C)c2)c(=O)n(-c2ccccc2)n1C. The van der Waals surface area contributed by atoms with Crippen LogP contribution in [0.1, 0.15) is 36.2 Å². The van der Waals surface area contributed by atoms with Crippen molar-refractivity contribution in [1.29, 1.82) is 0 Å². The summed E-state index contributed by atoms with van der Waals surface area (Å²) >= 11 is 0. The van der Waals surface area contributed by atoms with Crippen LogP contribution in [0.3, 0.4) is 0 Å². The van der Waals surface area contributed by atoms with Crippen LogP contribution in [0, 0.1) is 6.92 Å². The minimum Gasteiger partial charge on any atom is -0.308 e. The third-order valence-electron chi connectivity index (χ3n) is 5.61. The fourth-order valence-corrected chi connectivity index (χ4v) is 3.47. The molecule has 0 fully saturated rings. The van der Waals surface area contributed by atoms with E-state index in [1.165, 1.54) is 11.1 Å². The molecule has 2 aromatic carbocycles. The summed E-state index contributed by atoms with van der Waals surface area (Å²) in [6.45, 7) is 8.63. The van der Waals surface area contributed by atoms with E-state index in [9.17, 15) is 4.79 Å². The van der Waals surface area contributed by atoms with E-state index in [1.807, 2.05) is 49.0 Å². The summed E-state index contributed by atoms with van der Waals surface area (Å²) in [4.78, 5) is 15.3. The van der Waals surface area contributed by atoms with Gasteiger partial charge in [0.1, 0.15) is 0 Å². The van der Waals surface area contributed by atoms with E-state index in [0.717, 1.165) is 30.0 Å². The molecule has 1 N–H and O–H groups in total. The van der Waals surface area contributed by atoms with Crippen molar-refractivity contribution in [2.45, 2.75) is 46.4 Å². The molecule has 0 radical (unpaired) electrons. The lowest BCUT2D eigenvalue weighted by molar-refractivity contribution is 0.266. The predicted molar refractivity (Wildman–Crippen MR) is 119 cm³/mol. The van der Waals surface area contributed by atoms with Gasteiger partial charge in [0.25, 0.3) is 5.56 Å². The van der Waals surface area contributed by atoms with Crippen LogP contribution < -0.4 is 10.9 Å². The maximum atomic E-state index is 13.0. The second-order valence-electron chi connectivity index (χ2n) is 7.97. The lowest BCUT2D eigenvalue weighted by Crippen LogP contribution is -2.25. The molecule has 1 aromatic heterocycles. The second kappa shape index (κ2) is 9.25. The van der Waals surface area contributed by atoms with Crippen LogP contribution in [0.15, 0.2) is 59.4 Å². The number of hydrogen-bond donors (Lipinski definition) is 1. The summed E-state index contributed by atoms with van der Waals surface area (Å²) in [7, 11) is 4.08. The Balaban J connectivity index is 1.70. The minimum absolute atomic E-state index is 0.0380. The Kier molecular flexibility index (Phi) is 6.72. The standard InChI is InChI=1S/C24H32N4O/c1-18(2)26(4)17-21-11-9-10-20(14-21)15-25-16-23-19(3)27(5)28(24(23)29)22-12-7-6-8-13-22/h6-14,18,25H,15-17H2,1-5H3. The van der Waals surface area contributed by atoms with Crippen LogP contribution in [-0.2, 0) is 26.7 Å². The maximum Gasteiger partial charge on any atom is 0.276 e. The van der Waals surface area contributed by atoms with Gasteiger partial charge in [0.05, 0.1) is 11.3 Å². The molecule has 0 saturated carbocycles. The molecule has 0 atom stereocenters. The van der Waals surface area contributed by atoms with E-state index in [2.05, 4.69) is 55.4 Å². The third kappa shape index (κ3) is 4.86. The topological polar surface area (TPSA) is 42.2 Å². The zero-order valence-electron chi connectivity index (χ0n) is 18.1. The molecule has 0 bridgehead atoms. The van der Waals surface area contributed by atoms with Gasteiger partial charge in [-0.2, -0.15) is 0 Å². The molecule has 0 unspecified atom stereocenters. The largest absolute Gasteiger partial charge is 0.308 e. The summed E-state index contributed by atoms with van der Waals surface area (Å²) in [6.07, 6.45) is 0. The third-order valence-corrected chi connectivity index (χ3v) is 5.61. The fraction of sp³-hybridized carbons (Fsp3) is 0.375. The first-order chi connectivity index (χ1) is 13.9. The van der Waals surface area contributed by atoms with E-state index in [1.54, 1.807) is 4.68 Å². The molecule has 0 aliphatic carbocycles. The smallest absolute Gasteiger partial charge is 0.276 e. The van der Waals surface area contributed by atoms with Crippen molar-refractivity contribution < 1.29 is 0 Å². The maximum absolute atomic E-state index is 13.0. The first-order valence-electron chi connectivity index (χ1n) is 10.2. The van der Waals surface area contributed by atoms with Crippen molar-refractivity contribution in [2.75, 3.05) is 7.05 Å². The number of nitrogens with one attached hydrogen (secondary N) is 1. The Morgan fingerprint density at radius 3 is 2.38 bits per heavy atom. The van der Waals surface area contributed by atoms with Gasteiger partial charge in [-0.05, 0) is 51.1 Å². The fourth-order valence-electron chi connectivity index (χ4n) is 3.47. The first kappa shape index (κ1) is 21.1. The van der Waals surface area contributed by atoms with Crippen molar-refractivity contribution in [2.24, 2.45) is 7.05 Å². The number of para-hydroxylation sites is 1. The van der Waals surface area contributed by atoms with Gasteiger partial charge in [0, 0.05) is 38.4 Å². The molecule has 154 valence electrons. The number of benzene rings is 2. The van der Waals surface area contributed by atoms with Crippen molar-refractivity contribution >= 4 is 0 Å². The zero-order valence-corrected chi connectivity index (χ0v) is 18.1. The van der Waals surface area contributed by atoms with Gasteiger partial charge in [-0.25, -0.2) is 4.68 Å². The Labute approximate surface area is 173 Å². The van der Waals surface area contributed by atoms with E-state index in [4.69, 9.17) is 0 Å². The molecular weight excluding hydrogens is 360 g/mol. The second-order valence-corrected chi connectivity index (χ2v) is 7.97. The summed E-state index contributed by atoms with van der Waals surface area (Å²) < 4.78 is 3.66. The van der Waals surface area contributed by atoms with Crippen LogP contribution in [-0.4, -0.2) is 27.4 Å². The lowest BCUT2D eigenvalue weighted by Gasteiger charge is -2.21. The Morgan fingerprint density at radius 2 is 1.69 bits per heavy atom. The molecule has 5 nitrogen and oxygen atoms in total. The van der Waals surface area contributed by atoms with Gasteiger partial charge in [-0.1, -0.05) is 42.5 Å². The van der Waals surface area contributed by atoms with Gasteiger partial charge in [0.15, 0.2) is 0 Å². The number of aromatic nitrogens is 2. The molecule has 0 amide bonds. The van der Waals surface area contributed by atoms with Crippen LogP contribution >= 0.6 is 0 Å². The van der Waals surface area contributed by atoms with Gasteiger partial charge in [0.2, 0.25) is 0 Å². The highest BCUT2D eigenvalue weighted by Gasteiger charge is 2.15. The lowest BCUT2D eigenvalue weighted by atomic mass is 10.1. The molecule has 0 aliphatic rings. The molecule has 3 aromatic rings. The van der Waals surface area contributed by atoms with Gasteiger partial charge < -0.3 is 5.32 Å². The van der Waals surface area contributed by atoms with Crippen molar-refractivity contribution in [3.05, 3.63) is 87.3 Å². The number of rotatable bonds is 8. The average molecular weight is 393 g/mol. The quantitative estimate of drug-likeness (QED) is 0.637. The molecular formula is C24H32N4O. The van der Waals surface area contributed by atoms with Crippen molar-refractivity contribution in [1.82, 2.24) is 19.6 Å². The molecule has 0 saturated heterocycles. The first-order valence-corrected chi connectivity index (χ1v) is 10.2. The molecule has 29 heavy (non-hydrogen) atoms. The summed E-state index contributed by atoms with van der Waals surface area (Å²) in [5, 5.41) is 3.45. The van der Waals surface area contributed by atoms with E-state index >= 15 is 0 Å². The Morgan fingerprint density at radius 1 is 1.00 bits per heavy atom. The highest BCUT2D eigenvalue weighted by Crippen LogP contribution is 2.12. The van der Waals surface area contributed by atoms with E-state index in [0.29, 0.717) is 12.6 Å². The van der Waals surface area contributed by atoms with Crippen LogP contribution in [0.25, 0.3) is 5.69 Å². The zero-order chi connectivity index (χ0) is 21.0. The average Bonchev–Trinajstić information content (AvgIpc) is 2.92. The van der Waals surface area contributed by atoms with Gasteiger partial charge >= 0.3 is 0 Å². The van der Waals surface area contributed by atoms with Gasteiger partial charge in [-0.15, -0.1) is 0 Å². The van der Waals surface area contributed by atoms with Crippen LogP contribution in [0.5, 0.6) is 0 Å². The van der Waals surface area contributed by atoms with Crippen LogP contribution in [0.4, 0.5) is 0 Å². The Hall–Kier alpha value is -2.63. The minimum atomic E-state index is 0.0380. The molecule has 3 rings (SSSR count). The monoisotopic (exact) mass is 392 g/mol. The highest BCUT2D eigenvalue weighted by atomic mass is 16.1. The number of nitrogens with zero attached hydrogens (tertiary/aromatic N) is 3. The molecule has 0 spiro atoms. The molecule has 5 heteroatoms. The van der Waals surface area contributed by atoms with E-state index < -0.39 is 0 Å². The summed E-state index contributed by atoms with van der Waals surface area (Å²) in [6, 6.07) is 18.9. The molecule has 1 heterocycles. The summed E-state index contributed by atoms with van der Waals surface area (Å²) in [5.41, 5.74) is 5.26. The van der Waals surface area contributed by atoms with Crippen molar-refractivity contribution in [3.8, 4) is 5.69 Å². The number of hydrogen-bond acceptors (Lipinski definition) is 3. The van der Waals surface area contributed by atoms with Crippen LogP contribution in [0.2, 0.25) is 0 Å². The van der Waals surface area contributed by atoms with Gasteiger partial charge in [-0.3, -0.25) is 14.4 Å². The Bertz CT molecular complexity index is 1000.